The molecule has 0 radical (unpaired) electrons. The summed E-state index contributed by atoms with van der Waals surface area (Å²) in [5.74, 6) is 0. The zero-order chi connectivity index (χ0) is 12.3. The molecule has 2 unspecified atom stereocenters. The molecule has 0 amide bonds. The Hall–Kier alpha value is -0.580. The summed E-state index contributed by atoms with van der Waals surface area (Å²) in [4.78, 5) is 0. The molecule has 2 rings (SSSR count). The molecule has 17 heavy (non-hydrogen) atoms. The molecule has 1 aromatic heterocycles. The van der Waals surface area contributed by atoms with Crippen LogP contribution in [0.3, 0.4) is 0 Å². The van der Waals surface area contributed by atoms with Gasteiger partial charge < -0.3 is 10.1 Å². The van der Waals surface area contributed by atoms with Crippen molar-refractivity contribution in [2.24, 2.45) is 7.05 Å². The third kappa shape index (κ3) is 2.81. The van der Waals surface area contributed by atoms with Crippen molar-refractivity contribution in [3.8, 4) is 0 Å². The molecule has 0 aromatic carbocycles. The van der Waals surface area contributed by atoms with E-state index < -0.39 is 0 Å². The number of rotatable bonds is 5. The number of nitrogens with zero attached hydrogens (tertiary/aromatic N) is 2. The highest BCUT2D eigenvalue weighted by Gasteiger charge is 2.30. The average molecular weight is 258 g/mol. The Bertz CT molecular complexity index is 341. The van der Waals surface area contributed by atoms with E-state index in [1.165, 1.54) is 0 Å². The van der Waals surface area contributed by atoms with Crippen molar-refractivity contribution < 1.29 is 4.74 Å². The standard InChI is InChI=1S/C12H20ClN3O/c1-3-6-14-11(10-5-4-7-17-10)12-9(13)8-15-16(12)2/h8,10-11,14H,3-7H2,1-2H3. The van der Waals surface area contributed by atoms with E-state index in [0.29, 0.717) is 0 Å². The average Bonchev–Trinajstić information content (AvgIpc) is 2.93. The van der Waals surface area contributed by atoms with Crippen molar-refractivity contribution >= 4 is 11.6 Å². The predicted octanol–water partition coefficient (Wildman–Crippen LogP) is 2.29. The molecule has 1 saturated heterocycles. The van der Waals surface area contributed by atoms with Gasteiger partial charge in [-0.3, -0.25) is 4.68 Å². The summed E-state index contributed by atoms with van der Waals surface area (Å²) in [6, 6.07) is 0.150. The normalized spacial score (nSPS) is 21.9. The zero-order valence-corrected chi connectivity index (χ0v) is 11.2. The van der Waals surface area contributed by atoms with Gasteiger partial charge in [-0.1, -0.05) is 18.5 Å². The number of ether oxygens (including phenoxy) is 1. The van der Waals surface area contributed by atoms with Gasteiger partial charge in [0.05, 0.1) is 29.1 Å². The van der Waals surface area contributed by atoms with Crippen LogP contribution < -0.4 is 5.32 Å². The summed E-state index contributed by atoms with van der Waals surface area (Å²) >= 11 is 6.22. The van der Waals surface area contributed by atoms with Crippen molar-refractivity contribution in [3.63, 3.8) is 0 Å². The molecule has 1 fully saturated rings. The molecular formula is C12H20ClN3O. The van der Waals surface area contributed by atoms with Gasteiger partial charge in [-0.2, -0.15) is 5.10 Å². The molecule has 1 aromatic rings. The lowest BCUT2D eigenvalue weighted by Crippen LogP contribution is -2.34. The fraction of sp³-hybridized carbons (Fsp3) is 0.750. The third-order valence-electron chi connectivity index (χ3n) is 3.18. The van der Waals surface area contributed by atoms with Crippen LogP contribution in [0.5, 0.6) is 0 Å². The lowest BCUT2D eigenvalue weighted by atomic mass is 10.0. The van der Waals surface area contributed by atoms with E-state index in [9.17, 15) is 0 Å². The summed E-state index contributed by atoms with van der Waals surface area (Å²) < 4.78 is 7.63. The molecule has 2 heterocycles. The van der Waals surface area contributed by atoms with Crippen LogP contribution in [-0.2, 0) is 11.8 Å². The first kappa shape index (κ1) is 12.9. The highest BCUT2D eigenvalue weighted by Crippen LogP contribution is 2.30. The molecule has 96 valence electrons. The van der Waals surface area contributed by atoms with Crippen LogP contribution in [0.1, 0.15) is 37.9 Å². The van der Waals surface area contributed by atoms with E-state index in [4.69, 9.17) is 16.3 Å². The maximum atomic E-state index is 6.22. The highest BCUT2D eigenvalue weighted by atomic mass is 35.5. The summed E-state index contributed by atoms with van der Waals surface area (Å²) in [7, 11) is 1.93. The minimum Gasteiger partial charge on any atom is -0.376 e. The number of halogens is 1. The zero-order valence-electron chi connectivity index (χ0n) is 10.4. The second kappa shape index (κ2) is 5.85. The maximum Gasteiger partial charge on any atom is 0.0835 e. The Labute approximate surface area is 107 Å². The van der Waals surface area contributed by atoms with Gasteiger partial charge in [-0.15, -0.1) is 0 Å². The SMILES string of the molecule is CCCNC(c1c(Cl)cnn1C)C1CCCO1. The number of aryl methyl sites for hydroxylation is 1. The summed E-state index contributed by atoms with van der Waals surface area (Å²) in [6.07, 6.45) is 5.23. The summed E-state index contributed by atoms with van der Waals surface area (Å²) in [5, 5.41) is 8.45. The van der Waals surface area contributed by atoms with Crippen LogP contribution in [0.2, 0.25) is 5.02 Å². The van der Waals surface area contributed by atoms with Gasteiger partial charge in [0, 0.05) is 13.7 Å². The maximum absolute atomic E-state index is 6.22. The molecule has 1 N–H and O–H groups in total. The van der Waals surface area contributed by atoms with Gasteiger partial charge in [0.1, 0.15) is 0 Å². The Morgan fingerprint density at radius 3 is 3.06 bits per heavy atom. The van der Waals surface area contributed by atoms with Crippen LogP contribution in [0, 0.1) is 0 Å². The molecule has 0 aliphatic carbocycles. The van der Waals surface area contributed by atoms with Gasteiger partial charge in [-0.25, -0.2) is 0 Å². The van der Waals surface area contributed by atoms with Gasteiger partial charge >= 0.3 is 0 Å². The van der Waals surface area contributed by atoms with Crippen molar-refractivity contribution in [3.05, 3.63) is 16.9 Å². The van der Waals surface area contributed by atoms with Gasteiger partial charge in [0.25, 0.3) is 0 Å². The minimum absolute atomic E-state index is 0.150. The second-order valence-electron chi connectivity index (χ2n) is 4.48. The third-order valence-corrected chi connectivity index (χ3v) is 3.47. The molecule has 0 spiro atoms. The Morgan fingerprint density at radius 1 is 1.71 bits per heavy atom. The van der Waals surface area contributed by atoms with Crippen LogP contribution >= 0.6 is 11.6 Å². The second-order valence-corrected chi connectivity index (χ2v) is 4.89. The molecule has 4 nitrogen and oxygen atoms in total. The largest absolute Gasteiger partial charge is 0.376 e. The molecule has 2 atom stereocenters. The lowest BCUT2D eigenvalue weighted by molar-refractivity contribution is 0.0758. The number of hydrogen-bond acceptors (Lipinski definition) is 3. The Balaban J connectivity index is 2.19. The van der Waals surface area contributed by atoms with Gasteiger partial charge in [0.2, 0.25) is 0 Å². The fourth-order valence-electron chi connectivity index (χ4n) is 2.34. The number of aromatic nitrogens is 2. The predicted molar refractivity (Wildman–Crippen MR) is 68.2 cm³/mol. The first-order valence-electron chi connectivity index (χ1n) is 6.26. The summed E-state index contributed by atoms with van der Waals surface area (Å²) in [6.45, 7) is 3.97. The van der Waals surface area contributed by atoms with Crippen molar-refractivity contribution in [1.82, 2.24) is 15.1 Å². The van der Waals surface area contributed by atoms with Crippen LogP contribution in [-0.4, -0.2) is 29.0 Å². The first-order chi connectivity index (χ1) is 8.24. The van der Waals surface area contributed by atoms with E-state index in [-0.39, 0.29) is 12.1 Å². The van der Waals surface area contributed by atoms with E-state index in [0.717, 1.165) is 43.1 Å². The van der Waals surface area contributed by atoms with Gasteiger partial charge in [-0.05, 0) is 25.8 Å². The van der Waals surface area contributed by atoms with E-state index in [1.807, 2.05) is 11.7 Å². The van der Waals surface area contributed by atoms with Crippen LogP contribution in [0.4, 0.5) is 0 Å². The molecule has 1 aliphatic heterocycles. The first-order valence-corrected chi connectivity index (χ1v) is 6.64. The van der Waals surface area contributed by atoms with Crippen molar-refractivity contribution in [2.45, 2.75) is 38.3 Å². The topological polar surface area (TPSA) is 39.1 Å². The quantitative estimate of drug-likeness (QED) is 0.880. The molecule has 1 aliphatic rings. The van der Waals surface area contributed by atoms with E-state index in [2.05, 4.69) is 17.3 Å². The molecule has 0 bridgehead atoms. The molecule has 0 saturated carbocycles. The Kier molecular flexibility index (Phi) is 4.42. The van der Waals surface area contributed by atoms with Crippen molar-refractivity contribution in [1.29, 1.82) is 0 Å². The lowest BCUT2D eigenvalue weighted by Gasteiger charge is -2.24. The monoisotopic (exact) mass is 257 g/mol. The van der Waals surface area contributed by atoms with E-state index >= 15 is 0 Å². The van der Waals surface area contributed by atoms with E-state index in [1.54, 1.807) is 6.20 Å². The number of nitrogens with one attached hydrogen (secondary N) is 1. The smallest absolute Gasteiger partial charge is 0.0835 e. The summed E-state index contributed by atoms with van der Waals surface area (Å²) in [5.41, 5.74) is 1.03. The Morgan fingerprint density at radius 2 is 2.53 bits per heavy atom. The highest BCUT2D eigenvalue weighted by molar-refractivity contribution is 6.31. The molecule has 5 heteroatoms. The van der Waals surface area contributed by atoms with Crippen molar-refractivity contribution in [2.75, 3.05) is 13.2 Å². The van der Waals surface area contributed by atoms with Crippen LogP contribution in [0.15, 0.2) is 6.20 Å². The van der Waals surface area contributed by atoms with Crippen LogP contribution in [0.25, 0.3) is 0 Å². The minimum atomic E-state index is 0.150. The number of hydrogen-bond donors (Lipinski definition) is 1. The molecular weight excluding hydrogens is 238 g/mol. The van der Waals surface area contributed by atoms with Gasteiger partial charge in [0.15, 0.2) is 0 Å². The fourth-order valence-corrected chi connectivity index (χ4v) is 2.62.